The Balaban J connectivity index is 1.47. The van der Waals surface area contributed by atoms with Crippen molar-refractivity contribution in [2.45, 2.75) is 32.2 Å². The average molecular weight is 394 g/mol. The summed E-state index contributed by atoms with van der Waals surface area (Å²) in [7, 11) is 0. The lowest BCUT2D eigenvalue weighted by Crippen LogP contribution is -2.17. The molecule has 1 aliphatic rings. The normalized spacial score (nSPS) is 14.4. The highest BCUT2D eigenvalue weighted by Gasteiger charge is 2.17. The van der Waals surface area contributed by atoms with Crippen LogP contribution >= 0.6 is 22.7 Å². The molecule has 136 valence electrons. The average Bonchev–Trinajstić information content (AvgIpc) is 3.40. The molecule has 2 N–H and O–H groups in total. The van der Waals surface area contributed by atoms with Crippen molar-refractivity contribution >= 4 is 38.6 Å². The van der Waals surface area contributed by atoms with Gasteiger partial charge in [0.1, 0.15) is 10.7 Å². The fraction of sp³-hybridized carbons (Fsp3) is 0.238. The SMILES string of the molecule is C[C@H](Nc1ccc2c(c1)CCC2)c1nc2scc(-c3cccs3)c2c(=O)[nH]1. The van der Waals surface area contributed by atoms with Gasteiger partial charge in [-0.3, -0.25) is 4.79 Å². The summed E-state index contributed by atoms with van der Waals surface area (Å²) in [6.45, 7) is 2.03. The molecule has 0 bridgehead atoms. The van der Waals surface area contributed by atoms with E-state index in [2.05, 4.69) is 28.5 Å². The van der Waals surface area contributed by atoms with E-state index in [1.807, 2.05) is 29.8 Å². The van der Waals surface area contributed by atoms with Crippen molar-refractivity contribution in [1.29, 1.82) is 0 Å². The van der Waals surface area contributed by atoms with Gasteiger partial charge in [0, 0.05) is 21.5 Å². The summed E-state index contributed by atoms with van der Waals surface area (Å²) in [5.74, 6) is 0.674. The van der Waals surface area contributed by atoms with Crippen molar-refractivity contribution in [3.8, 4) is 10.4 Å². The lowest BCUT2D eigenvalue weighted by molar-refractivity contribution is 0.792. The van der Waals surface area contributed by atoms with Gasteiger partial charge >= 0.3 is 0 Å². The first kappa shape index (κ1) is 16.7. The second-order valence-electron chi connectivity index (χ2n) is 6.96. The highest BCUT2D eigenvalue weighted by molar-refractivity contribution is 7.18. The van der Waals surface area contributed by atoms with Crippen LogP contribution in [0.4, 0.5) is 5.69 Å². The summed E-state index contributed by atoms with van der Waals surface area (Å²) in [6.07, 6.45) is 3.58. The van der Waals surface area contributed by atoms with Gasteiger partial charge in [0.05, 0.1) is 11.4 Å². The van der Waals surface area contributed by atoms with E-state index in [4.69, 9.17) is 4.98 Å². The Hall–Kier alpha value is -2.44. The van der Waals surface area contributed by atoms with Gasteiger partial charge in [-0.05, 0) is 60.9 Å². The van der Waals surface area contributed by atoms with Crippen LogP contribution in [0.25, 0.3) is 20.7 Å². The van der Waals surface area contributed by atoms with E-state index < -0.39 is 0 Å². The third-order valence-corrected chi connectivity index (χ3v) is 6.92. The summed E-state index contributed by atoms with van der Waals surface area (Å²) < 4.78 is 0. The van der Waals surface area contributed by atoms with Gasteiger partial charge in [-0.15, -0.1) is 22.7 Å². The van der Waals surface area contributed by atoms with E-state index in [9.17, 15) is 4.79 Å². The van der Waals surface area contributed by atoms with E-state index in [0.717, 1.165) is 27.4 Å². The van der Waals surface area contributed by atoms with Gasteiger partial charge in [0.15, 0.2) is 0 Å². The number of aryl methyl sites for hydroxylation is 2. The van der Waals surface area contributed by atoms with Crippen molar-refractivity contribution in [3.63, 3.8) is 0 Å². The van der Waals surface area contributed by atoms with E-state index in [1.165, 1.54) is 35.3 Å². The number of fused-ring (bicyclic) bond motifs is 2. The number of thiophene rings is 2. The maximum Gasteiger partial charge on any atom is 0.260 e. The number of hydrogen-bond donors (Lipinski definition) is 2. The van der Waals surface area contributed by atoms with Gasteiger partial charge in [0.25, 0.3) is 5.56 Å². The molecule has 3 heterocycles. The quantitative estimate of drug-likeness (QED) is 0.490. The van der Waals surface area contributed by atoms with Crippen LogP contribution in [0.15, 0.2) is 45.9 Å². The summed E-state index contributed by atoms with van der Waals surface area (Å²) >= 11 is 3.17. The molecule has 0 radical (unpaired) electrons. The predicted molar refractivity (Wildman–Crippen MR) is 114 cm³/mol. The molecule has 0 amide bonds. The second kappa shape index (κ2) is 6.62. The summed E-state index contributed by atoms with van der Waals surface area (Å²) in [5, 5.41) is 8.23. The number of benzene rings is 1. The molecule has 1 aliphatic carbocycles. The van der Waals surface area contributed by atoms with E-state index in [0.29, 0.717) is 11.2 Å². The standard InChI is InChI=1S/C21H19N3OS2/c1-12(22-15-8-7-13-4-2-5-14(13)10-15)19-23-20(25)18-16(11-27-21(18)24-19)17-6-3-9-26-17/h3,6-12,22H,2,4-5H2,1H3,(H,23,24,25)/t12-/m0/s1. The molecule has 4 nitrogen and oxygen atoms in total. The Morgan fingerprint density at radius 3 is 2.93 bits per heavy atom. The molecule has 1 aromatic carbocycles. The van der Waals surface area contributed by atoms with Gasteiger partial charge in [-0.25, -0.2) is 4.98 Å². The fourth-order valence-corrected chi connectivity index (χ4v) is 5.53. The minimum atomic E-state index is -0.0751. The number of hydrogen-bond acceptors (Lipinski definition) is 5. The molecule has 5 rings (SSSR count). The minimum absolute atomic E-state index is 0.0674. The molecular formula is C21H19N3OS2. The van der Waals surface area contributed by atoms with Crippen LogP contribution in [-0.4, -0.2) is 9.97 Å². The summed E-state index contributed by atoms with van der Waals surface area (Å²) in [6, 6.07) is 10.5. The molecule has 0 spiro atoms. The second-order valence-corrected chi connectivity index (χ2v) is 8.77. The lowest BCUT2D eigenvalue weighted by atomic mass is 10.1. The highest BCUT2D eigenvalue weighted by Crippen LogP contribution is 2.34. The zero-order valence-electron chi connectivity index (χ0n) is 14.9. The molecular weight excluding hydrogens is 374 g/mol. The molecule has 1 atom stereocenters. The topological polar surface area (TPSA) is 57.8 Å². The Kier molecular flexibility index (Phi) is 4.10. The van der Waals surface area contributed by atoms with Crippen molar-refractivity contribution in [2.24, 2.45) is 0 Å². The molecule has 27 heavy (non-hydrogen) atoms. The maximum absolute atomic E-state index is 12.8. The van der Waals surface area contributed by atoms with Crippen LogP contribution in [0.5, 0.6) is 0 Å². The first-order valence-electron chi connectivity index (χ1n) is 9.12. The number of rotatable bonds is 4. The zero-order chi connectivity index (χ0) is 18.4. The summed E-state index contributed by atoms with van der Waals surface area (Å²) in [5.41, 5.74) is 4.88. The predicted octanol–water partition coefficient (Wildman–Crippen LogP) is 5.37. The molecule has 3 aromatic heterocycles. The third-order valence-electron chi connectivity index (χ3n) is 5.14. The van der Waals surface area contributed by atoms with Crippen LogP contribution in [0.3, 0.4) is 0 Å². The van der Waals surface area contributed by atoms with Crippen molar-refractivity contribution in [2.75, 3.05) is 5.32 Å². The van der Waals surface area contributed by atoms with Gasteiger partial charge < -0.3 is 10.3 Å². The molecule has 0 saturated heterocycles. The maximum atomic E-state index is 12.8. The smallest absolute Gasteiger partial charge is 0.260 e. The van der Waals surface area contributed by atoms with Crippen molar-refractivity contribution < 1.29 is 0 Å². The minimum Gasteiger partial charge on any atom is -0.375 e. The first-order chi connectivity index (χ1) is 13.2. The van der Waals surface area contributed by atoms with Crippen LogP contribution in [0, 0.1) is 0 Å². The van der Waals surface area contributed by atoms with Gasteiger partial charge in [0.2, 0.25) is 0 Å². The molecule has 0 fully saturated rings. The van der Waals surface area contributed by atoms with Crippen LogP contribution in [0.2, 0.25) is 0 Å². The van der Waals surface area contributed by atoms with Gasteiger partial charge in [-0.2, -0.15) is 0 Å². The molecule has 0 saturated carbocycles. The zero-order valence-corrected chi connectivity index (χ0v) is 16.5. The lowest BCUT2D eigenvalue weighted by Gasteiger charge is -2.15. The molecule has 4 aromatic rings. The van der Waals surface area contributed by atoms with Crippen molar-refractivity contribution in [3.05, 3.63) is 68.4 Å². The van der Waals surface area contributed by atoms with E-state index in [1.54, 1.807) is 11.3 Å². The molecule has 0 aliphatic heterocycles. The Labute approximate surface area is 164 Å². The Morgan fingerprint density at radius 2 is 2.07 bits per heavy atom. The monoisotopic (exact) mass is 393 g/mol. The fourth-order valence-electron chi connectivity index (χ4n) is 3.76. The number of nitrogens with zero attached hydrogens (tertiary/aromatic N) is 1. The molecule has 0 unspecified atom stereocenters. The summed E-state index contributed by atoms with van der Waals surface area (Å²) in [4.78, 5) is 22.4. The van der Waals surface area contributed by atoms with Crippen molar-refractivity contribution in [1.82, 2.24) is 9.97 Å². The Bertz CT molecular complexity index is 1170. The number of anilines is 1. The van der Waals surface area contributed by atoms with E-state index in [-0.39, 0.29) is 11.6 Å². The number of nitrogens with one attached hydrogen (secondary N) is 2. The highest BCUT2D eigenvalue weighted by atomic mass is 32.1. The first-order valence-corrected chi connectivity index (χ1v) is 10.9. The largest absolute Gasteiger partial charge is 0.375 e. The van der Waals surface area contributed by atoms with Crippen LogP contribution in [-0.2, 0) is 12.8 Å². The Morgan fingerprint density at radius 1 is 1.19 bits per heavy atom. The van der Waals surface area contributed by atoms with Crippen LogP contribution < -0.4 is 10.9 Å². The molecule has 6 heteroatoms. The van der Waals surface area contributed by atoms with Crippen LogP contribution in [0.1, 0.15) is 36.3 Å². The number of aromatic nitrogens is 2. The number of H-pyrrole nitrogens is 1. The van der Waals surface area contributed by atoms with E-state index >= 15 is 0 Å². The third kappa shape index (κ3) is 2.99. The van der Waals surface area contributed by atoms with Gasteiger partial charge in [-0.1, -0.05) is 12.1 Å². The number of aromatic amines is 1.